The summed E-state index contributed by atoms with van der Waals surface area (Å²) >= 11 is 0. The van der Waals surface area contributed by atoms with Crippen molar-refractivity contribution < 1.29 is 19.1 Å². The Labute approximate surface area is 120 Å². The summed E-state index contributed by atoms with van der Waals surface area (Å²) in [6, 6.07) is 0. The van der Waals surface area contributed by atoms with E-state index in [1.54, 1.807) is 0 Å². The molecule has 4 heteroatoms. The van der Waals surface area contributed by atoms with E-state index in [1.165, 1.54) is 14.2 Å². The van der Waals surface area contributed by atoms with Crippen LogP contribution in [0.2, 0.25) is 0 Å². The van der Waals surface area contributed by atoms with Crippen molar-refractivity contribution in [3.05, 3.63) is 23.3 Å². The van der Waals surface area contributed by atoms with Crippen molar-refractivity contribution in [3.63, 3.8) is 0 Å². The highest BCUT2D eigenvalue weighted by atomic mass is 16.5. The van der Waals surface area contributed by atoms with Gasteiger partial charge in [0.1, 0.15) is 0 Å². The number of esters is 2. The van der Waals surface area contributed by atoms with E-state index in [4.69, 9.17) is 9.47 Å². The SMILES string of the molecule is CCC[C@@H]1C=CC(=C(C)C)[C@@H](C(=O)OC)[C@@H]1C(=O)OC. The third kappa shape index (κ3) is 3.30. The fraction of sp³-hybridized carbons (Fsp3) is 0.625. The van der Waals surface area contributed by atoms with Crippen LogP contribution in [0.15, 0.2) is 23.3 Å². The Morgan fingerprint density at radius 1 is 1.15 bits per heavy atom. The molecule has 0 heterocycles. The van der Waals surface area contributed by atoms with E-state index < -0.39 is 11.8 Å². The zero-order valence-corrected chi connectivity index (χ0v) is 12.9. The molecule has 0 aromatic rings. The molecule has 112 valence electrons. The summed E-state index contributed by atoms with van der Waals surface area (Å²) in [7, 11) is 2.71. The predicted octanol–water partition coefficient (Wildman–Crippen LogP) is 2.89. The lowest BCUT2D eigenvalue weighted by atomic mass is 9.70. The first kappa shape index (κ1) is 16.5. The van der Waals surface area contributed by atoms with E-state index in [1.807, 2.05) is 26.0 Å². The number of ether oxygens (including phenoxy) is 2. The van der Waals surface area contributed by atoms with Crippen molar-refractivity contribution in [2.75, 3.05) is 14.2 Å². The van der Waals surface area contributed by atoms with Gasteiger partial charge in [-0.25, -0.2) is 0 Å². The second kappa shape index (κ2) is 7.27. The van der Waals surface area contributed by atoms with Gasteiger partial charge < -0.3 is 9.47 Å². The highest BCUT2D eigenvalue weighted by Crippen LogP contribution is 2.39. The maximum atomic E-state index is 12.2. The predicted molar refractivity (Wildman–Crippen MR) is 76.9 cm³/mol. The number of carbonyl (C=O) groups is 2. The number of hydrogen-bond acceptors (Lipinski definition) is 4. The van der Waals surface area contributed by atoms with Gasteiger partial charge in [-0.3, -0.25) is 9.59 Å². The minimum absolute atomic E-state index is 0.0136. The van der Waals surface area contributed by atoms with Gasteiger partial charge in [0.05, 0.1) is 26.1 Å². The third-order valence-corrected chi connectivity index (χ3v) is 3.81. The van der Waals surface area contributed by atoms with Crippen LogP contribution in [0.5, 0.6) is 0 Å². The van der Waals surface area contributed by atoms with Gasteiger partial charge in [-0.1, -0.05) is 31.1 Å². The maximum Gasteiger partial charge on any atom is 0.314 e. The minimum atomic E-state index is -0.570. The Kier molecular flexibility index (Phi) is 5.99. The van der Waals surface area contributed by atoms with E-state index in [-0.39, 0.29) is 17.9 Å². The molecule has 20 heavy (non-hydrogen) atoms. The minimum Gasteiger partial charge on any atom is -0.469 e. The Morgan fingerprint density at radius 2 is 1.75 bits per heavy atom. The van der Waals surface area contributed by atoms with Crippen LogP contribution in [-0.4, -0.2) is 26.2 Å². The number of hydrogen-bond donors (Lipinski definition) is 0. The van der Waals surface area contributed by atoms with Crippen LogP contribution in [0.1, 0.15) is 33.6 Å². The molecule has 0 aromatic heterocycles. The summed E-state index contributed by atoms with van der Waals surface area (Å²) in [6.07, 6.45) is 5.77. The zero-order valence-electron chi connectivity index (χ0n) is 12.9. The molecule has 1 rings (SSSR count). The van der Waals surface area contributed by atoms with Gasteiger partial charge in [-0.15, -0.1) is 0 Å². The molecule has 0 spiro atoms. The fourth-order valence-electron chi connectivity index (χ4n) is 2.83. The third-order valence-electron chi connectivity index (χ3n) is 3.81. The van der Waals surface area contributed by atoms with Gasteiger partial charge in [0.15, 0.2) is 0 Å². The monoisotopic (exact) mass is 280 g/mol. The van der Waals surface area contributed by atoms with E-state index >= 15 is 0 Å². The molecule has 0 aromatic carbocycles. The van der Waals surface area contributed by atoms with E-state index in [0.717, 1.165) is 24.0 Å². The largest absolute Gasteiger partial charge is 0.469 e. The summed E-state index contributed by atoms with van der Waals surface area (Å²) in [4.78, 5) is 24.3. The van der Waals surface area contributed by atoms with Gasteiger partial charge in [0.2, 0.25) is 0 Å². The average Bonchev–Trinajstić information content (AvgIpc) is 2.45. The molecule has 0 N–H and O–H groups in total. The molecule has 1 aliphatic rings. The topological polar surface area (TPSA) is 52.6 Å². The van der Waals surface area contributed by atoms with Gasteiger partial charge in [0.25, 0.3) is 0 Å². The summed E-state index contributed by atoms with van der Waals surface area (Å²) < 4.78 is 9.82. The Morgan fingerprint density at radius 3 is 2.20 bits per heavy atom. The molecule has 0 saturated heterocycles. The maximum absolute atomic E-state index is 12.2. The fourth-order valence-corrected chi connectivity index (χ4v) is 2.83. The van der Waals surface area contributed by atoms with Gasteiger partial charge in [0, 0.05) is 0 Å². The molecule has 1 aliphatic carbocycles. The molecule has 3 atom stereocenters. The lowest BCUT2D eigenvalue weighted by molar-refractivity contribution is -0.157. The highest BCUT2D eigenvalue weighted by molar-refractivity contribution is 5.86. The van der Waals surface area contributed by atoms with Crippen molar-refractivity contribution in [1.29, 1.82) is 0 Å². The second-order valence-electron chi connectivity index (χ2n) is 5.32. The first-order chi connectivity index (χ1) is 9.47. The van der Waals surface area contributed by atoms with Crippen molar-refractivity contribution in [3.8, 4) is 0 Å². The Hall–Kier alpha value is -1.58. The lowest BCUT2D eigenvalue weighted by Crippen LogP contribution is -2.39. The molecule has 0 radical (unpaired) electrons. The van der Waals surface area contributed by atoms with E-state index in [9.17, 15) is 9.59 Å². The van der Waals surface area contributed by atoms with Crippen molar-refractivity contribution in [1.82, 2.24) is 0 Å². The zero-order chi connectivity index (χ0) is 15.3. The molecule has 4 nitrogen and oxygen atoms in total. The Balaban J connectivity index is 3.32. The average molecular weight is 280 g/mol. The number of carbonyl (C=O) groups excluding carboxylic acids is 2. The second-order valence-corrected chi connectivity index (χ2v) is 5.32. The van der Waals surface area contributed by atoms with Crippen LogP contribution < -0.4 is 0 Å². The normalized spacial score (nSPS) is 25.2. The number of methoxy groups -OCH3 is 2. The number of allylic oxidation sites excluding steroid dienone is 3. The summed E-state index contributed by atoms with van der Waals surface area (Å²) in [5, 5.41) is 0. The van der Waals surface area contributed by atoms with Gasteiger partial charge in [-0.05, 0) is 31.8 Å². The summed E-state index contributed by atoms with van der Waals surface area (Å²) in [6.45, 7) is 5.93. The van der Waals surface area contributed by atoms with Crippen molar-refractivity contribution in [2.24, 2.45) is 17.8 Å². The molecule has 0 saturated carbocycles. The molecule has 0 fully saturated rings. The van der Waals surface area contributed by atoms with Crippen LogP contribution in [0, 0.1) is 17.8 Å². The standard InChI is InChI=1S/C16H24O4/c1-6-7-11-8-9-12(10(2)3)14(16(18)20-5)13(11)15(17)19-4/h8-9,11,13-14H,6-7H2,1-5H3/t11-,13-,14-/m1/s1. The van der Waals surface area contributed by atoms with Crippen molar-refractivity contribution >= 4 is 11.9 Å². The van der Waals surface area contributed by atoms with Gasteiger partial charge in [-0.2, -0.15) is 0 Å². The molecule has 0 amide bonds. The molecular weight excluding hydrogens is 256 g/mol. The molecule has 0 unspecified atom stereocenters. The smallest absolute Gasteiger partial charge is 0.314 e. The number of rotatable bonds is 4. The van der Waals surface area contributed by atoms with Crippen LogP contribution >= 0.6 is 0 Å². The first-order valence-electron chi connectivity index (χ1n) is 6.99. The molecular formula is C16H24O4. The van der Waals surface area contributed by atoms with Crippen LogP contribution in [0.3, 0.4) is 0 Å². The summed E-state index contributed by atoms with van der Waals surface area (Å²) in [5.74, 6) is -1.77. The van der Waals surface area contributed by atoms with E-state index in [2.05, 4.69) is 6.92 Å². The first-order valence-corrected chi connectivity index (χ1v) is 6.99. The van der Waals surface area contributed by atoms with Crippen LogP contribution in [-0.2, 0) is 19.1 Å². The molecule has 0 bridgehead atoms. The van der Waals surface area contributed by atoms with Crippen molar-refractivity contribution in [2.45, 2.75) is 33.6 Å². The van der Waals surface area contributed by atoms with Crippen LogP contribution in [0.25, 0.3) is 0 Å². The molecule has 0 aliphatic heterocycles. The highest BCUT2D eigenvalue weighted by Gasteiger charge is 2.43. The van der Waals surface area contributed by atoms with Gasteiger partial charge >= 0.3 is 11.9 Å². The quantitative estimate of drug-likeness (QED) is 0.743. The lowest BCUT2D eigenvalue weighted by Gasteiger charge is -2.33. The van der Waals surface area contributed by atoms with Crippen LogP contribution in [0.4, 0.5) is 0 Å². The Bertz CT molecular complexity index is 430. The summed E-state index contributed by atoms with van der Waals surface area (Å²) in [5.41, 5.74) is 1.88. The van der Waals surface area contributed by atoms with E-state index in [0.29, 0.717) is 0 Å².